The van der Waals surface area contributed by atoms with Crippen molar-refractivity contribution in [2.24, 2.45) is 0 Å². The Bertz CT molecular complexity index is 485. The van der Waals surface area contributed by atoms with Crippen molar-refractivity contribution < 1.29 is 24.4 Å². The van der Waals surface area contributed by atoms with E-state index < -0.39 is 18.3 Å². The van der Waals surface area contributed by atoms with Gasteiger partial charge < -0.3 is 24.4 Å². The largest absolute Gasteiger partial charge is 0.497 e. The zero-order valence-electron chi connectivity index (χ0n) is 11.8. The van der Waals surface area contributed by atoms with E-state index in [1.807, 2.05) is 18.2 Å². The molecule has 5 heteroatoms. The minimum absolute atomic E-state index is 0.383. The number of ether oxygens (including phenoxy) is 3. The average Bonchev–Trinajstić information content (AvgIpc) is 2.72. The monoisotopic (exact) mass is 280 g/mol. The molecule has 0 bridgehead atoms. The van der Waals surface area contributed by atoms with Crippen LogP contribution in [0.15, 0.2) is 24.3 Å². The van der Waals surface area contributed by atoms with Crippen molar-refractivity contribution in [3.05, 3.63) is 29.8 Å². The van der Waals surface area contributed by atoms with Gasteiger partial charge in [-0.25, -0.2) is 0 Å². The molecule has 2 N–H and O–H groups in total. The summed E-state index contributed by atoms with van der Waals surface area (Å²) in [6.07, 6.45) is 0.812. The minimum atomic E-state index is -0.919. The highest BCUT2D eigenvalue weighted by Crippen LogP contribution is 2.27. The molecule has 0 aromatic heterocycles. The predicted octanol–water partition coefficient (Wildman–Crippen LogP) is 1.23. The van der Waals surface area contributed by atoms with Crippen LogP contribution in [0.5, 0.6) is 11.5 Å². The lowest BCUT2D eigenvalue weighted by atomic mass is 10.1. The zero-order valence-corrected chi connectivity index (χ0v) is 11.8. The maximum atomic E-state index is 9.85. The van der Waals surface area contributed by atoms with Crippen LogP contribution in [0, 0.1) is 0 Å². The Morgan fingerprint density at radius 3 is 2.45 bits per heavy atom. The van der Waals surface area contributed by atoms with Crippen molar-refractivity contribution in [1.29, 1.82) is 0 Å². The Morgan fingerprint density at radius 1 is 1.15 bits per heavy atom. The molecule has 0 saturated carbocycles. The van der Waals surface area contributed by atoms with Gasteiger partial charge in [0.05, 0.1) is 20.3 Å². The third-order valence-corrected chi connectivity index (χ3v) is 3.44. The third kappa shape index (κ3) is 2.95. The van der Waals surface area contributed by atoms with Crippen LogP contribution in [0.25, 0.3) is 6.08 Å². The van der Waals surface area contributed by atoms with Crippen LogP contribution < -0.4 is 9.47 Å². The Morgan fingerprint density at radius 2 is 1.90 bits per heavy atom. The SMILES string of the molecule is COc1ccc(OC)c(/C=C/[C@H]2O[C@@H](C)[C@H](O)[C@@H]2O)c1. The molecule has 110 valence electrons. The molecule has 20 heavy (non-hydrogen) atoms. The molecular weight excluding hydrogens is 260 g/mol. The fourth-order valence-corrected chi connectivity index (χ4v) is 2.21. The molecule has 0 radical (unpaired) electrons. The summed E-state index contributed by atoms with van der Waals surface area (Å²) in [6, 6.07) is 5.45. The topological polar surface area (TPSA) is 68.2 Å². The fourth-order valence-electron chi connectivity index (χ4n) is 2.21. The number of aliphatic hydroxyl groups is 2. The molecule has 1 aliphatic rings. The van der Waals surface area contributed by atoms with Gasteiger partial charge in [0.25, 0.3) is 0 Å². The number of methoxy groups -OCH3 is 2. The van der Waals surface area contributed by atoms with Gasteiger partial charge in [-0.15, -0.1) is 0 Å². The van der Waals surface area contributed by atoms with Gasteiger partial charge >= 0.3 is 0 Å². The van der Waals surface area contributed by atoms with Gasteiger partial charge in [0.1, 0.15) is 29.8 Å². The lowest BCUT2D eigenvalue weighted by Gasteiger charge is -2.11. The first-order valence-corrected chi connectivity index (χ1v) is 6.48. The van der Waals surface area contributed by atoms with E-state index in [1.54, 1.807) is 33.3 Å². The van der Waals surface area contributed by atoms with Crippen molar-refractivity contribution in [2.75, 3.05) is 14.2 Å². The molecule has 5 nitrogen and oxygen atoms in total. The van der Waals surface area contributed by atoms with E-state index in [2.05, 4.69) is 0 Å². The van der Waals surface area contributed by atoms with Crippen LogP contribution >= 0.6 is 0 Å². The van der Waals surface area contributed by atoms with Crippen LogP contribution in [-0.2, 0) is 4.74 Å². The van der Waals surface area contributed by atoms with Gasteiger partial charge in [-0.2, -0.15) is 0 Å². The van der Waals surface area contributed by atoms with Crippen molar-refractivity contribution in [1.82, 2.24) is 0 Å². The van der Waals surface area contributed by atoms with Gasteiger partial charge in [0.15, 0.2) is 0 Å². The fraction of sp³-hybridized carbons (Fsp3) is 0.467. The molecule has 2 rings (SSSR count). The van der Waals surface area contributed by atoms with E-state index >= 15 is 0 Å². The molecular formula is C15H20O5. The molecule has 0 aliphatic carbocycles. The first-order chi connectivity index (χ1) is 9.56. The average molecular weight is 280 g/mol. The van der Waals surface area contributed by atoms with Crippen LogP contribution in [0.2, 0.25) is 0 Å². The number of benzene rings is 1. The van der Waals surface area contributed by atoms with E-state index in [-0.39, 0.29) is 6.10 Å². The number of aliphatic hydroxyl groups excluding tert-OH is 2. The summed E-state index contributed by atoms with van der Waals surface area (Å²) in [6.45, 7) is 1.73. The van der Waals surface area contributed by atoms with Crippen LogP contribution in [0.3, 0.4) is 0 Å². The highest BCUT2D eigenvalue weighted by Gasteiger charge is 2.38. The van der Waals surface area contributed by atoms with Gasteiger partial charge in [0, 0.05) is 5.56 Å². The lowest BCUT2D eigenvalue weighted by Crippen LogP contribution is -2.30. The van der Waals surface area contributed by atoms with Crippen molar-refractivity contribution >= 4 is 6.08 Å². The molecule has 1 fully saturated rings. The van der Waals surface area contributed by atoms with Crippen LogP contribution in [0.4, 0.5) is 0 Å². The molecule has 1 heterocycles. The molecule has 1 saturated heterocycles. The summed E-state index contributed by atoms with van der Waals surface area (Å²) < 4.78 is 15.9. The maximum absolute atomic E-state index is 9.85. The van der Waals surface area contributed by atoms with Crippen LogP contribution in [0.1, 0.15) is 12.5 Å². The molecule has 1 aliphatic heterocycles. The maximum Gasteiger partial charge on any atom is 0.126 e. The van der Waals surface area contributed by atoms with Gasteiger partial charge in [0.2, 0.25) is 0 Å². The van der Waals surface area contributed by atoms with Gasteiger partial charge in [-0.3, -0.25) is 0 Å². The van der Waals surface area contributed by atoms with E-state index in [4.69, 9.17) is 14.2 Å². The summed E-state index contributed by atoms with van der Waals surface area (Å²) in [7, 11) is 3.18. The van der Waals surface area contributed by atoms with Gasteiger partial charge in [-0.1, -0.05) is 12.2 Å². The Labute approximate surface area is 118 Å². The van der Waals surface area contributed by atoms with Crippen molar-refractivity contribution in [3.8, 4) is 11.5 Å². The third-order valence-electron chi connectivity index (χ3n) is 3.44. The first-order valence-electron chi connectivity index (χ1n) is 6.48. The van der Waals surface area contributed by atoms with E-state index in [0.29, 0.717) is 11.5 Å². The van der Waals surface area contributed by atoms with Crippen LogP contribution in [-0.4, -0.2) is 48.8 Å². The minimum Gasteiger partial charge on any atom is -0.497 e. The Kier molecular flexibility index (Phi) is 4.65. The standard InChI is InChI=1S/C15H20O5/c1-9-14(16)15(17)13(20-9)6-4-10-8-11(18-2)5-7-12(10)19-3/h4-9,13-17H,1-3H3/b6-4+/t9-,13+,14-,15+/m0/s1. The summed E-state index contributed by atoms with van der Waals surface area (Å²) in [5, 5.41) is 19.5. The summed E-state index contributed by atoms with van der Waals surface area (Å²) >= 11 is 0. The zero-order chi connectivity index (χ0) is 14.7. The van der Waals surface area contributed by atoms with Crippen molar-refractivity contribution in [3.63, 3.8) is 0 Å². The summed E-state index contributed by atoms with van der Waals surface area (Å²) in [5.74, 6) is 1.41. The second-order valence-corrected chi connectivity index (χ2v) is 4.75. The second-order valence-electron chi connectivity index (χ2n) is 4.75. The summed E-state index contributed by atoms with van der Waals surface area (Å²) in [5.41, 5.74) is 0.816. The molecule has 0 spiro atoms. The quantitative estimate of drug-likeness (QED) is 0.868. The molecule has 0 unspecified atom stereocenters. The normalized spacial score (nSPS) is 29.9. The van der Waals surface area contributed by atoms with Crippen molar-refractivity contribution in [2.45, 2.75) is 31.3 Å². The van der Waals surface area contributed by atoms with E-state index in [0.717, 1.165) is 5.56 Å². The highest BCUT2D eigenvalue weighted by atomic mass is 16.5. The predicted molar refractivity (Wildman–Crippen MR) is 74.9 cm³/mol. The van der Waals surface area contributed by atoms with E-state index in [9.17, 15) is 10.2 Å². The molecule has 1 aromatic rings. The second kappa shape index (κ2) is 6.26. The number of hydrogen-bond donors (Lipinski definition) is 2. The molecule has 1 aromatic carbocycles. The number of rotatable bonds is 4. The number of hydrogen-bond acceptors (Lipinski definition) is 5. The first kappa shape index (κ1) is 14.8. The van der Waals surface area contributed by atoms with Gasteiger partial charge in [-0.05, 0) is 25.1 Å². The Hall–Kier alpha value is -1.56. The Balaban J connectivity index is 2.19. The van der Waals surface area contributed by atoms with E-state index in [1.165, 1.54) is 0 Å². The molecule has 0 amide bonds. The summed E-state index contributed by atoms with van der Waals surface area (Å²) in [4.78, 5) is 0. The lowest BCUT2D eigenvalue weighted by molar-refractivity contribution is 0.0316. The highest BCUT2D eigenvalue weighted by molar-refractivity contribution is 5.60. The molecule has 4 atom stereocenters. The smallest absolute Gasteiger partial charge is 0.126 e.